The second-order valence-corrected chi connectivity index (χ2v) is 11.4. The Morgan fingerprint density at radius 2 is 2.03 bits per heavy atom. The minimum absolute atomic E-state index is 0.0500. The lowest BCUT2D eigenvalue weighted by atomic mass is 9.85. The Kier molecular flexibility index (Phi) is 6.93. The van der Waals surface area contributed by atoms with Crippen LogP contribution in [0.25, 0.3) is 10.9 Å². The SMILES string of the molecule is CC(C)Nc1cccnc1N(C)C1CCN(c2cc3cc(NS(C)(=O)=O)ccc3[nH]2)[C@H](C=O)[C@H]1C. The van der Waals surface area contributed by atoms with Crippen LogP contribution in [-0.4, -0.2) is 62.6 Å². The second-order valence-electron chi connectivity index (χ2n) is 9.65. The molecule has 0 aliphatic carbocycles. The molecule has 1 fully saturated rings. The first kappa shape index (κ1) is 24.8. The van der Waals surface area contributed by atoms with Crippen molar-refractivity contribution < 1.29 is 13.2 Å². The average molecular weight is 499 g/mol. The normalized spacial score (nSPS) is 20.7. The Labute approximate surface area is 207 Å². The van der Waals surface area contributed by atoms with E-state index in [1.165, 1.54) is 0 Å². The fourth-order valence-electron chi connectivity index (χ4n) is 5.03. The number of anilines is 4. The van der Waals surface area contributed by atoms with Crippen LogP contribution in [0.5, 0.6) is 0 Å². The van der Waals surface area contributed by atoms with Crippen molar-refractivity contribution in [3.05, 3.63) is 42.6 Å². The molecule has 35 heavy (non-hydrogen) atoms. The smallest absolute Gasteiger partial charge is 0.229 e. The first-order valence-electron chi connectivity index (χ1n) is 11.8. The first-order chi connectivity index (χ1) is 16.6. The van der Waals surface area contributed by atoms with Crippen LogP contribution < -0.4 is 19.8 Å². The number of nitrogens with zero attached hydrogens (tertiary/aromatic N) is 3. The number of sulfonamides is 1. The molecule has 1 aromatic carbocycles. The summed E-state index contributed by atoms with van der Waals surface area (Å²) in [5.74, 6) is 1.78. The van der Waals surface area contributed by atoms with Gasteiger partial charge in [0, 0.05) is 54.4 Å². The molecule has 3 aromatic rings. The van der Waals surface area contributed by atoms with Crippen LogP contribution >= 0.6 is 0 Å². The number of hydrogen-bond acceptors (Lipinski definition) is 7. The van der Waals surface area contributed by atoms with Crippen molar-refractivity contribution in [2.75, 3.05) is 39.7 Å². The number of pyridine rings is 1. The summed E-state index contributed by atoms with van der Waals surface area (Å²) >= 11 is 0. The number of fused-ring (bicyclic) bond motifs is 1. The van der Waals surface area contributed by atoms with Gasteiger partial charge in [-0.05, 0) is 56.7 Å². The fraction of sp³-hybridized carbons (Fsp3) is 0.440. The Morgan fingerprint density at radius 1 is 1.26 bits per heavy atom. The number of H-pyrrole nitrogens is 1. The van der Waals surface area contributed by atoms with E-state index < -0.39 is 10.0 Å². The Morgan fingerprint density at radius 3 is 2.71 bits per heavy atom. The van der Waals surface area contributed by atoms with Crippen LogP contribution in [0.3, 0.4) is 0 Å². The third kappa shape index (κ3) is 5.37. The van der Waals surface area contributed by atoms with Crippen LogP contribution in [0, 0.1) is 5.92 Å². The predicted octanol–water partition coefficient (Wildman–Crippen LogP) is 3.67. The minimum atomic E-state index is -3.36. The predicted molar refractivity (Wildman–Crippen MR) is 143 cm³/mol. The number of nitrogens with one attached hydrogen (secondary N) is 3. The van der Waals surface area contributed by atoms with E-state index in [1.807, 2.05) is 31.3 Å². The van der Waals surface area contributed by atoms with E-state index in [1.54, 1.807) is 18.3 Å². The molecule has 0 amide bonds. The Balaban J connectivity index is 1.58. The lowest BCUT2D eigenvalue weighted by Gasteiger charge is -2.46. The van der Waals surface area contributed by atoms with Gasteiger partial charge < -0.3 is 24.9 Å². The maximum atomic E-state index is 12.3. The van der Waals surface area contributed by atoms with Crippen LogP contribution in [0.2, 0.25) is 0 Å². The number of carbonyl (C=O) groups is 1. The van der Waals surface area contributed by atoms with Crippen LogP contribution in [0.15, 0.2) is 42.6 Å². The zero-order valence-electron chi connectivity index (χ0n) is 20.8. The highest BCUT2D eigenvalue weighted by Crippen LogP contribution is 2.35. The van der Waals surface area contributed by atoms with Crippen LogP contribution in [-0.2, 0) is 14.8 Å². The molecule has 1 saturated heterocycles. The minimum Gasteiger partial charge on any atom is -0.380 e. The fourth-order valence-corrected chi connectivity index (χ4v) is 5.58. The zero-order chi connectivity index (χ0) is 25.3. The van der Waals surface area contributed by atoms with Crippen LogP contribution in [0.4, 0.5) is 23.0 Å². The number of benzene rings is 1. The van der Waals surface area contributed by atoms with E-state index in [9.17, 15) is 13.2 Å². The quantitative estimate of drug-likeness (QED) is 0.407. The van der Waals surface area contributed by atoms with E-state index in [-0.39, 0.29) is 24.0 Å². The molecular formula is C25H34N6O3S. The van der Waals surface area contributed by atoms with Gasteiger partial charge in [-0.15, -0.1) is 0 Å². The summed E-state index contributed by atoms with van der Waals surface area (Å²) < 4.78 is 25.7. The molecule has 4 rings (SSSR count). The van der Waals surface area contributed by atoms with Gasteiger partial charge in [0.15, 0.2) is 5.82 Å². The monoisotopic (exact) mass is 498 g/mol. The average Bonchev–Trinajstić information content (AvgIpc) is 3.20. The highest BCUT2D eigenvalue weighted by molar-refractivity contribution is 7.92. The molecule has 3 heterocycles. The molecular weight excluding hydrogens is 464 g/mol. The lowest BCUT2D eigenvalue weighted by Crippen LogP contribution is -2.56. The highest BCUT2D eigenvalue weighted by atomic mass is 32.2. The maximum Gasteiger partial charge on any atom is 0.229 e. The van der Waals surface area contributed by atoms with Crippen molar-refractivity contribution in [1.29, 1.82) is 0 Å². The number of hydrogen-bond donors (Lipinski definition) is 3. The summed E-state index contributed by atoms with van der Waals surface area (Å²) in [5, 5.41) is 4.35. The molecule has 3 N–H and O–H groups in total. The summed E-state index contributed by atoms with van der Waals surface area (Å²) in [6.07, 6.45) is 4.81. The molecule has 1 unspecified atom stereocenters. The van der Waals surface area contributed by atoms with Gasteiger partial charge in [-0.2, -0.15) is 0 Å². The molecule has 1 aliphatic rings. The number of aromatic nitrogens is 2. The van der Waals surface area contributed by atoms with Gasteiger partial charge in [-0.25, -0.2) is 13.4 Å². The van der Waals surface area contributed by atoms with E-state index >= 15 is 0 Å². The zero-order valence-corrected chi connectivity index (χ0v) is 21.6. The standard InChI is InChI=1S/C25H34N6O3S/c1-16(2)27-21-7-6-11-26-25(21)30(4)22-10-12-31(23(15-32)17(22)3)24-14-18-13-19(29-35(5,33)34)8-9-20(18)28-24/h6-9,11,13-17,22-23,27-29H,10,12H2,1-5H3/t17-,22?,23+/m0/s1. The third-order valence-electron chi connectivity index (χ3n) is 6.59. The van der Waals surface area contributed by atoms with Crippen molar-refractivity contribution in [3.63, 3.8) is 0 Å². The van der Waals surface area contributed by atoms with Crippen molar-refractivity contribution in [1.82, 2.24) is 9.97 Å². The molecule has 0 radical (unpaired) electrons. The van der Waals surface area contributed by atoms with Crippen molar-refractivity contribution in [2.24, 2.45) is 5.92 Å². The molecule has 0 bridgehead atoms. The molecule has 0 spiro atoms. The number of aldehydes is 1. The molecule has 2 aromatic heterocycles. The summed E-state index contributed by atoms with van der Waals surface area (Å²) in [6.45, 7) is 7.01. The maximum absolute atomic E-state index is 12.3. The number of carbonyl (C=O) groups excluding carboxylic acids is 1. The highest BCUT2D eigenvalue weighted by Gasteiger charge is 2.38. The van der Waals surface area contributed by atoms with Gasteiger partial charge in [0.05, 0.1) is 18.0 Å². The summed E-state index contributed by atoms with van der Waals surface area (Å²) in [4.78, 5) is 24.7. The van der Waals surface area contributed by atoms with Gasteiger partial charge in [0.1, 0.15) is 12.1 Å². The number of piperidine rings is 1. The molecule has 0 saturated carbocycles. The molecule has 1 aliphatic heterocycles. The molecule has 3 atom stereocenters. The van der Waals surface area contributed by atoms with E-state index in [0.717, 1.165) is 47.2 Å². The van der Waals surface area contributed by atoms with E-state index in [0.29, 0.717) is 12.2 Å². The largest absolute Gasteiger partial charge is 0.380 e. The van der Waals surface area contributed by atoms with Gasteiger partial charge in [-0.1, -0.05) is 6.92 Å². The van der Waals surface area contributed by atoms with Crippen LogP contribution in [0.1, 0.15) is 27.2 Å². The topological polar surface area (TPSA) is 110 Å². The summed E-state index contributed by atoms with van der Waals surface area (Å²) in [7, 11) is -1.31. The van der Waals surface area contributed by atoms with Crippen molar-refractivity contribution in [3.8, 4) is 0 Å². The second kappa shape index (κ2) is 9.77. The van der Waals surface area contributed by atoms with Gasteiger partial charge in [0.2, 0.25) is 10.0 Å². The third-order valence-corrected chi connectivity index (χ3v) is 7.20. The lowest BCUT2D eigenvalue weighted by molar-refractivity contribution is -0.110. The molecule has 10 heteroatoms. The van der Waals surface area contributed by atoms with Crippen molar-refractivity contribution in [2.45, 2.75) is 45.3 Å². The van der Waals surface area contributed by atoms with Gasteiger partial charge >= 0.3 is 0 Å². The first-order valence-corrected chi connectivity index (χ1v) is 13.7. The summed E-state index contributed by atoms with van der Waals surface area (Å²) in [6, 6.07) is 11.4. The Bertz CT molecular complexity index is 1310. The molecule has 9 nitrogen and oxygen atoms in total. The number of rotatable bonds is 8. The van der Waals surface area contributed by atoms with E-state index in [2.05, 4.69) is 50.6 Å². The number of aromatic amines is 1. The van der Waals surface area contributed by atoms with Gasteiger partial charge in [0.25, 0.3) is 0 Å². The Hall–Kier alpha value is -3.27. The molecule has 188 valence electrons. The summed E-state index contributed by atoms with van der Waals surface area (Å²) in [5.41, 5.74) is 2.37. The van der Waals surface area contributed by atoms with E-state index in [4.69, 9.17) is 0 Å². The van der Waals surface area contributed by atoms with Gasteiger partial charge in [-0.3, -0.25) is 4.72 Å². The van der Waals surface area contributed by atoms with Crippen molar-refractivity contribution >= 4 is 50.2 Å².